The van der Waals surface area contributed by atoms with Gasteiger partial charge < -0.3 is 15.6 Å². The van der Waals surface area contributed by atoms with Crippen LogP contribution in [0.1, 0.15) is 45.4 Å². The molecule has 0 atom stereocenters. The van der Waals surface area contributed by atoms with Gasteiger partial charge in [-0.05, 0) is 51.7 Å². The quantitative estimate of drug-likeness (QED) is 0.469. The third-order valence-corrected chi connectivity index (χ3v) is 6.22. The lowest BCUT2D eigenvalue weighted by Crippen LogP contribution is -2.49. The highest BCUT2D eigenvalue weighted by atomic mass is 16.1. The fraction of sp³-hybridized carbons (Fsp3) is 0.409. The molecule has 3 N–H and O–H groups in total. The molecule has 1 saturated carbocycles. The normalized spacial score (nSPS) is 21.5. The van der Waals surface area contributed by atoms with Crippen molar-refractivity contribution >= 4 is 28.5 Å². The number of fused-ring (bicyclic) bond motifs is 2. The van der Waals surface area contributed by atoms with Crippen LogP contribution >= 0.6 is 0 Å². The van der Waals surface area contributed by atoms with Crippen molar-refractivity contribution in [3.8, 4) is 11.1 Å². The minimum atomic E-state index is -0.118. The minimum absolute atomic E-state index is 0.0313. The van der Waals surface area contributed by atoms with Crippen molar-refractivity contribution in [3.63, 3.8) is 0 Å². The van der Waals surface area contributed by atoms with E-state index in [0.717, 1.165) is 59.3 Å². The lowest BCUT2D eigenvalue weighted by Gasteiger charge is -2.38. The molecule has 9 nitrogen and oxygen atoms in total. The van der Waals surface area contributed by atoms with Gasteiger partial charge in [0, 0.05) is 53.6 Å². The summed E-state index contributed by atoms with van der Waals surface area (Å²) in [6, 6.07) is 4.29. The van der Waals surface area contributed by atoms with Crippen LogP contribution in [0.25, 0.3) is 27.8 Å². The number of pyridine rings is 1. The Morgan fingerprint density at radius 3 is 2.84 bits per heavy atom. The summed E-state index contributed by atoms with van der Waals surface area (Å²) >= 11 is 0. The van der Waals surface area contributed by atoms with E-state index in [0.29, 0.717) is 12.0 Å². The third kappa shape index (κ3) is 3.71. The first kappa shape index (κ1) is 19.5. The number of H-pyrrole nitrogens is 1. The number of nitrogens with zero attached hydrogens (tertiary/aromatic N) is 5. The molecule has 0 bridgehead atoms. The summed E-state index contributed by atoms with van der Waals surface area (Å²) in [5.74, 6) is 1.50. The molecule has 1 fully saturated rings. The molecule has 0 aromatic carbocycles. The molecule has 1 amide bonds. The van der Waals surface area contributed by atoms with Gasteiger partial charge in [0.15, 0.2) is 5.65 Å². The molecule has 0 spiro atoms. The topological polar surface area (TPSA) is 113 Å². The standard InChI is InChI=1S/C22H26N8O/c1-13-28-29-19-5-4-15(12-30(13)19)17-10-23-20-18(17)11-24-21(26-20)25-16-6-8-22(3,9-7-16)27-14(2)31/h4-5,10-12,16H,6-9H2,1-3H3,(H,27,31)(H2,23,24,25,26). The van der Waals surface area contributed by atoms with Crippen LogP contribution in [-0.4, -0.2) is 47.0 Å². The predicted octanol–water partition coefficient (Wildman–Crippen LogP) is 3.23. The van der Waals surface area contributed by atoms with Gasteiger partial charge in [-0.1, -0.05) is 0 Å². The summed E-state index contributed by atoms with van der Waals surface area (Å²) in [6.45, 7) is 5.63. The third-order valence-electron chi connectivity index (χ3n) is 6.22. The Kier molecular flexibility index (Phi) is 4.60. The van der Waals surface area contributed by atoms with Crippen LogP contribution in [0.2, 0.25) is 0 Å². The van der Waals surface area contributed by atoms with Crippen LogP contribution in [0.15, 0.2) is 30.7 Å². The van der Waals surface area contributed by atoms with Gasteiger partial charge in [0.1, 0.15) is 11.5 Å². The summed E-state index contributed by atoms with van der Waals surface area (Å²) in [7, 11) is 0. The molecule has 0 saturated heterocycles. The van der Waals surface area contributed by atoms with Gasteiger partial charge in [0.05, 0.1) is 0 Å². The molecule has 31 heavy (non-hydrogen) atoms. The number of aromatic nitrogens is 6. The largest absolute Gasteiger partial charge is 0.351 e. The Morgan fingerprint density at radius 2 is 2.06 bits per heavy atom. The van der Waals surface area contributed by atoms with Gasteiger partial charge in [0.2, 0.25) is 11.9 Å². The van der Waals surface area contributed by atoms with Crippen molar-refractivity contribution in [2.75, 3.05) is 5.32 Å². The molecule has 1 aliphatic rings. The summed E-state index contributed by atoms with van der Waals surface area (Å²) in [5.41, 5.74) is 3.60. The number of hydrogen-bond donors (Lipinski definition) is 3. The maximum Gasteiger partial charge on any atom is 0.224 e. The molecule has 4 aromatic rings. The molecule has 9 heteroatoms. The lowest BCUT2D eigenvalue weighted by atomic mass is 9.81. The lowest BCUT2D eigenvalue weighted by molar-refractivity contribution is -0.121. The Labute approximate surface area is 179 Å². The van der Waals surface area contributed by atoms with E-state index in [2.05, 4.69) is 37.7 Å². The van der Waals surface area contributed by atoms with Gasteiger partial charge in [-0.2, -0.15) is 4.98 Å². The van der Waals surface area contributed by atoms with Gasteiger partial charge in [0.25, 0.3) is 0 Å². The Morgan fingerprint density at radius 1 is 1.26 bits per heavy atom. The molecule has 4 heterocycles. The van der Waals surface area contributed by atoms with E-state index in [1.54, 1.807) is 6.92 Å². The second-order valence-corrected chi connectivity index (χ2v) is 8.71. The number of amides is 1. The zero-order valence-electron chi connectivity index (χ0n) is 17.9. The number of aryl methyl sites for hydroxylation is 1. The van der Waals surface area contributed by atoms with E-state index < -0.39 is 0 Å². The predicted molar refractivity (Wildman–Crippen MR) is 119 cm³/mol. The fourth-order valence-corrected chi connectivity index (χ4v) is 4.51. The maximum absolute atomic E-state index is 11.4. The Bertz CT molecular complexity index is 1270. The second kappa shape index (κ2) is 7.33. The van der Waals surface area contributed by atoms with Crippen LogP contribution in [0, 0.1) is 6.92 Å². The number of rotatable bonds is 4. The minimum Gasteiger partial charge on any atom is -0.351 e. The molecule has 0 aliphatic heterocycles. The number of hydrogen-bond acceptors (Lipinski definition) is 6. The van der Waals surface area contributed by atoms with E-state index in [1.165, 1.54) is 0 Å². The fourth-order valence-electron chi connectivity index (χ4n) is 4.51. The first-order chi connectivity index (χ1) is 14.9. The van der Waals surface area contributed by atoms with Gasteiger partial charge in [-0.15, -0.1) is 10.2 Å². The highest BCUT2D eigenvalue weighted by molar-refractivity contribution is 5.93. The molecule has 5 rings (SSSR count). The van der Waals surface area contributed by atoms with Crippen molar-refractivity contribution in [2.24, 2.45) is 0 Å². The van der Waals surface area contributed by atoms with Crippen LogP contribution in [0.5, 0.6) is 0 Å². The van der Waals surface area contributed by atoms with Crippen molar-refractivity contribution < 1.29 is 4.79 Å². The summed E-state index contributed by atoms with van der Waals surface area (Å²) in [5, 5.41) is 15.8. The molecule has 0 radical (unpaired) electrons. The molecule has 160 valence electrons. The Hall–Kier alpha value is -3.49. The number of nitrogens with one attached hydrogen (secondary N) is 3. The van der Waals surface area contributed by atoms with E-state index in [4.69, 9.17) is 4.98 Å². The Balaban J connectivity index is 1.34. The summed E-state index contributed by atoms with van der Waals surface area (Å²) in [4.78, 5) is 24.0. The number of carbonyl (C=O) groups excluding carboxylic acids is 1. The molecular formula is C22H26N8O. The first-order valence-electron chi connectivity index (χ1n) is 10.6. The van der Waals surface area contributed by atoms with E-state index >= 15 is 0 Å². The van der Waals surface area contributed by atoms with Gasteiger partial charge >= 0.3 is 0 Å². The molecule has 1 aliphatic carbocycles. The average molecular weight is 419 g/mol. The first-order valence-corrected chi connectivity index (χ1v) is 10.6. The number of anilines is 1. The van der Waals surface area contributed by atoms with E-state index in [9.17, 15) is 4.79 Å². The zero-order chi connectivity index (χ0) is 21.6. The second-order valence-electron chi connectivity index (χ2n) is 8.71. The van der Waals surface area contributed by atoms with E-state index in [-0.39, 0.29) is 11.4 Å². The maximum atomic E-state index is 11.4. The van der Waals surface area contributed by atoms with Gasteiger partial charge in [-0.3, -0.25) is 9.20 Å². The van der Waals surface area contributed by atoms with E-state index in [1.807, 2.05) is 42.0 Å². The average Bonchev–Trinajstić information content (AvgIpc) is 3.32. The number of carbonyl (C=O) groups is 1. The van der Waals surface area contributed by atoms with Crippen molar-refractivity contribution in [1.82, 2.24) is 34.9 Å². The van der Waals surface area contributed by atoms with Crippen LogP contribution in [-0.2, 0) is 4.79 Å². The smallest absolute Gasteiger partial charge is 0.224 e. The molecule has 0 unspecified atom stereocenters. The summed E-state index contributed by atoms with van der Waals surface area (Å²) in [6.07, 6.45) is 9.66. The van der Waals surface area contributed by atoms with Crippen LogP contribution in [0.3, 0.4) is 0 Å². The van der Waals surface area contributed by atoms with Gasteiger partial charge in [-0.25, -0.2) is 4.98 Å². The van der Waals surface area contributed by atoms with Crippen molar-refractivity contribution in [2.45, 2.75) is 58.0 Å². The monoisotopic (exact) mass is 418 g/mol. The SMILES string of the molecule is CC(=O)NC1(C)CCC(Nc2ncc3c(-c4ccc5nnc(C)n5c4)c[nH]c3n2)CC1. The number of aromatic amines is 1. The summed E-state index contributed by atoms with van der Waals surface area (Å²) < 4.78 is 1.97. The van der Waals surface area contributed by atoms with Crippen LogP contribution in [0.4, 0.5) is 5.95 Å². The highest BCUT2D eigenvalue weighted by Crippen LogP contribution is 2.31. The van der Waals surface area contributed by atoms with Crippen molar-refractivity contribution in [1.29, 1.82) is 0 Å². The van der Waals surface area contributed by atoms with Crippen LogP contribution < -0.4 is 10.6 Å². The molecular weight excluding hydrogens is 392 g/mol. The highest BCUT2D eigenvalue weighted by Gasteiger charge is 2.31. The van der Waals surface area contributed by atoms with Crippen molar-refractivity contribution in [3.05, 3.63) is 36.5 Å². The molecule has 4 aromatic heterocycles. The zero-order valence-corrected chi connectivity index (χ0v) is 17.9.